The molecular formula is C22H37N3O3S. The minimum absolute atomic E-state index is 0.0338. The van der Waals surface area contributed by atoms with Crippen LogP contribution in [0.4, 0.5) is 5.69 Å². The van der Waals surface area contributed by atoms with Crippen LogP contribution in [-0.4, -0.2) is 49.1 Å². The zero-order chi connectivity index (χ0) is 22.0. The van der Waals surface area contributed by atoms with Gasteiger partial charge < -0.3 is 10.2 Å². The van der Waals surface area contributed by atoms with E-state index in [-0.39, 0.29) is 23.0 Å². The van der Waals surface area contributed by atoms with Crippen molar-refractivity contribution in [2.45, 2.75) is 84.3 Å². The van der Waals surface area contributed by atoms with Crippen LogP contribution in [-0.2, 0) is 10.0 Å². The molecule has 2 N–H and O–H groups in total. The monoisotopic (exact) mass is 423 g/mol. The summed E-state index contributed by atoms with van der Waals surface area (Å²) in [5.74, 6) is -0.0338. The minimum atomic E-state index is -3.41. The summed E-state index contributed by atoms with van der Waals surface area (Å²) in [6.45, 7) is 13.4. The van der Waals surface area contributed by atoms with Gasteiger partial charge in [0.1, 0.15) is 0 Å². The number of carbonyl (C=O) groups is 1. The van der Waals surface area contributed by atoms with Gasteiger partial charge in [0.2, 0.25) is 10.0 Å². The number of unbranched alkanes of at least 4 members (excludes halogenated alkanes) is 1. The van der Waals surface area contributed by atoms with Crippen molar-refractivity contribution < 1.29 is 13.2 Å². The second kappa shape index (κ2) is 8.64. The van der Waals surface area contributed by atoms with Crippen LogP contribution < -0.4 is 10.0 Å². The van der Waals surface area contributed by atoms with Gasteiger partial charge in [-0.05, 0) is 71.6 Å². The molecule has 164 valence electrons. The highest BCUT2D eigenvalue weighted by molar-refractivity contribution is 7.92. The molecule has 1 fully saturated rings. The number of carbonyl (C=O) groups excluding carboxylic acids is 1. The molecule has 0 saturated carbocycles. The standard InChI is InChI=1S/C22H37N3O3S/c1-8-9-12-25(18-14-21(3,4)24-22(5,6)15-18)20(26)17-11-10-16(2)19(13-17)23-29(7,27)28/h10-11,13,18,23-24H,8-9,12,14-15H2,1-7H3. The summed E-state index contributed by atoms with van der Waals surface area (Å²) in [7, 11) is -3.41. The summed E-state index contributed by atoms with van der Waals surface area (Å²) < 4.78 is 25.9. The summed E-state index contributed by atoms with van der Waals surface area (Å²) >= 11 is 0. The number of hydrogen-bond acceptors (Lipinski definition) is 4. The lowest BCUT2D eigenvalue weighted by molar-refractivity contribution is 0.0441. The van der Waals surface area contributed by atoms with Crippen molar-refractivity contribution in [3.8, 4) is 0 Å². The Hall–Kier alpha value is -1.60. The molecule has 6 nitrogen and oxygen atoms in total. The van der Waals surface area contributed by atoms with Gasteiger partial charge in [-0.3, -0.25) is 9.52 Å². The molecule has 0 atom stereocenters. The summed E-state index contributed by atoms with van der Waals surface area (Å²) in [5, 5.41) is 3.68. The molecule has 1 aliphatic rings. The maximum absolute atomic E-state index is 13.5. The van der Waals surface area contributed by atoms with Crippen molar-refractivity contribution in [1.29, 1.82) is 0 Å². The fourth-order valence-electron chi connectivity index (χ4n) is 4.50. The lowest BCUT2D eigenvalue weighted by Crippen LogP contribution is -2.62. The molecule has 1 heterocycles. The van der Waals surface area contributed by atoms with E-state index in [1.54, 1.807) is 18.2 Å². The predicted molar refractivity (Wildman–Crippen MR) is 120 cm³/mol. The van der Waals surface area contributed by atoms with Gasteiger partial charge in [-0.15, -0.1) is 0 Å². The Balaban J connectivity index is 2.37. The minimum Gasteiger partial charge on any atom is -0.336 e. The summed E-state index contributed by atoms with van der Waals surface area (Å²) in [4.78, 5) is 15.5. The topological polar surface area (TPSA) is 78.5 Å². The third-order valence-corrected chi connectivity index (χ3v) is 5.99. The van der Waals surface area contributed by atoms with Crippen LogP contribution in [0.1, 0.15) is 76.2 Å². The molecule has 7 heteroatoms. The number of hydrogen-bond donors (Lipinski definition) is 2. The second-order valence-electron chi connectivity index (χ2n) is 9.71. The average molecular weight is 424 g/mol. The van der Waals surface area contributed by atoms with Gasteiger partial charge in [0.05, 0.1) is 11.9 Å². The molecular weight excluding hydrogens is 386 g/mol. The molecule has 1 aromatic carbocycles. The van der Waals surface area contributed by atoms with Gasteiger partial charge >= 0.3 is 0 Å². The number of amides is 1. The zero-order valence-corrected chi connectivity index (χ0v) is 19.7. The number of benzene rings is 1. The van der Waals surface area contributed by atoms with Crippen LogP contribution in [0.15, 0.2) is 18.2 Å². The number of nitrogens with zero attached hydrogens (tertiary/aromatic N) is 1. The quantitative estimate of drug-likeness (QED) is 0.697. The zero-order valence-electron chi connectivity index (χ0n) is 18.9. The van der Waals surface area contributed by atoms with Crippen LogP contribution in [0.2, 0.25) is 0 Å². The van der Waals surface area contributed by atoms with E-state index >= 15 is 0 Å². The van der Waals surface area contributed by atoms with E-state index in [1.807, 2.05) is 11.8 Å². The van der Waals surface area contributed by atoms with Crippen LogP contribution in [0.3, 0.4) is 0 Å². The maximum atomic E-state index is 13.5. The fraction of sp³-hybridized carbons (Fsp3) is 0.682. The highest BCUT2D eigenvalue weighted by atomic mass is 32.2. The molecule has 0 aromatic heterocycles. The molecule has 29 heavy (non-hydrogen) atoms. The Morgan fingerprint density at radius 2 is 1.79 bits per heavy atom. The number of aryl methyl sites for hydroxylation is 1. The first-order valence-electron chi connectivity index (χ1n) is 10.4. The van der Waals surface area contributed by atoms with E-state index in [1.165, 1.54) is 0 Å². The highest BCUT2D eigenvalue weighted by Gasteiger charge is 2.41. The first kappa shape index (κ1) is 23.7. The van der Waals surface area contributed by atoms with Gasteiger partial charge in [0.25, 0.3) is 5.91 Å². The van der Waals surface area contributed by atoms with E-state index in [2.05, 4.69) is 44.7 Å². The molecule has 0 spiro atoms. The number of sulfonamides is 1. The van der Waals surface area contributed by atoms with Gasteiger partial charge in [0.15, 0.2) is 0 Å². The van der Waals surface area contributed by atoms with E-state index in [0.29, 0.717) is 17.8 Å². The Kier molecular flexibility index (Phi) is 7.05. The van der Waals surface area contributed by atoms with E-state index in [0.717, 1.165) is 37.5 Å². The Morgan fingerprint density at radius 3 is 2.31 bits per heavy atom. The van der Waals surface area contributed by atoms with Crippen LogP contribution >= 0.6 is 0 Å². The first-order valence-corrected chi connectivity index (χ1v) is 12.3. The van der Waals surface area contributed by atoms with Crippen molar-refractivity contribution in [2.75, 3.05) is 17.5 Å². The molecule has 0 radical (unpaired) electrons. The Morgan fingerprint density at radius 1 is 1.21 bits per heavy atom. The summed E-state index contributed by atoms with van der Waals surface area (Å²) in [5.41, 5.74) is 1.64. The summed E-state index contributed by atoms with van der Waals surface area (Å²) in [6.07, 6.45) is 4.83. The molecule has 2 rings (SSSR count). The number of piperidine rings is 1. The molecule has 1 aromatic rings. The lowest BCUT2D eigenvalue weighted by Gasteiger charge is -2.49. The van der Waals surface area contributed by atoms with Crippen molar-refractivity contribution in [2.24, 2.45) is 0 Å². The molecule has 0 unspecified atom stereocenters. The molecule has 1 aliphatic heterocycles. The normalized spacial score (nSPS) is 19.0. The maximum Gasteiger partial charge on any atom is 0.254 e. The fourth-order valence-corrected chi connectivity index (χ4v) is 5.12. The third kappa shape index (κ3) is 6.71. The lowest BCUT2D eigenvalue weighted by atomic mass is 9.78. The van der Waals surface area contributed by atoms with Gasteiger partial charge in [-0.2, -0.15) is 0 Å². The van der Waals surface area contributed by atoms with Crippen LogP contribution in [0.5, 0.6) is 0 Å². The van der Waals surface area contributed by atoms with Crippen LogP contribution in [0.25, 0.3) is 0 Å². The van der Waals surface area contributed by atoms with E-state index in [9.17, 15) is 13.2 Å². The van der Waals surface area contributed by atoms with Crippen molar-refractivity contribution in [1.82, 2.24) is 10.2 Å². The highest BCUT2D eigenvalue weighted by Crippen LogP contribution is 2.33. The number of nitrogens with one attached hydrogen (secondary N) is 2. The SMILES string of the molecule is CCCCN(C(=O)c1ccc(C)c(NS(C)(=O)=O)c1)C1CC(C)(C)NC(C)(C)C1. The van der Waals surface area contributed by atoms with Crippen molar-refractivity contribution in [3.63, 3.8) is 0 Å². The molecule has 0 bridgehead atoms. The Bertz CT molecular complexity index is 831. The van der Waals surface area contributed by atoms with Crippen molar-refractivity contribution >= 4 is 21.6 Å². The van der Waals surface area contributed by atoms with Crippen molar-refractivity contribution in [3.05, 3.63) is 29.3 Å². The predicted octanol–water partition coefficient (Wildman–Crippen LogP) is 3.92. The molecule has 1 saturated heterocycles. The Labute approximate surface area is 176 Å². The van der Waals surface area contributed by atoms with Gasteiger partial charge in [0, 0.05) is 29.2 Å². The van der Waals surface area contributed by atoms with Gasteiger partial charge in [-0.1, -0.05) is 19.4 Å². The number of anilines is 1. The van der Waals surface area contributed by atoms with E-state index in [4.69, 9.17) is 0 Å². The smallest absolute Gasteiger partial charge is 0.254 e. The van der Waals surface area contributed by atoms with Crippen LogP contribution in [0, 0.1) is 6.92 Å². The van der Waals surface area contributed by atoms with Gasteiger partial charge in [-0.25, -0.2) is 8.42 Å². The molecule has 1 amide bonds. The number of rotatable bonds is 7. The molecule has 0 aliphatic carbocycles. The largest absolute Gasteiger partial charge is 0.336 e. The third-order valence-electron chi connectivity index (χ3n) is 5.40. The van der Waals surface area contributed by atoms with E-state index < -0.39 is 10.0 Å². The first-order chi connectivity index (χ1) is 13.2. The average Bonchev–Trinajstić information content (AvgIpc) is 2.53. The summed E-state index contributed by atoms with van der Waals surface area (Å²) in [6, 6.07) is 5.39. The second-order valence-corrected chi connectivity index (χ2v) is 11.5.